The summed E-state index contributed by atoms with van der Waals surface area (Å²) in [5, 5.41) is 8.93. The first-order valence-corrected chi connectivity index (χ1v) is 5.68. The highest BCUT2D eigenvalue weighted by atomic mass is 16.4. The minimum atomic E-state index is -0.893. The zero-order chi connectivity index (χ0) is 11.5. The number of carbonyl (C=O) groups is 1. The van der Waals surface area contributed by atoms with Crippen molar-refractivity contribution in [1.82, 2.24) is 4.98 Å². The van der Waals surface area contributed by atoms with Crippen molar-refractivity contribution in [3.63, 3.8) is 0 Å². The molecule has 1 aromatic rings. The van der Waals surface area contributed by atoms with Gasteiger partial charge in [0.25, 0.3) is 0 Å². The van der Waals surface area contributed by atoms with Crippen molar-refractivity contribution in [1.29, 1.82) is 0 Å². The van der Waals surface area contributed by atoms with Gasteiger partial charge in [-0.15, -0.1) is 0 Å². The molecule has 2 rings (SSSR count). The summed E-state index contributed by atoms with van der Waals surface area (Å²) in [6.45, 7) is 3.07. The van der Waals surface area contributed by atoms with Crippen LogP contribution >= 0.6 is 0 Å². The summed E-state index contributed by atoms with van der Waals surface area (Å²) >= 11 is 0. The Morgan fingerprint density at radius 2 is 2.38 bits per heavy atom. The molecule has 0 aliphatic heterocycles. The zero-order valence-electron chi connectivity index (χ0n) is 9.39. The van der Waals surface area contributed by atoms with Gasteiger partial charge >= 0.3 is 5.97 Å². The second-order valence-corrected chi connectivity index (χ2v) is 4.13. The number of aromatic nitrogens is 1. The molecule has 0 radical (unpaired) electrons. The molecule has 1 N–H and O–H groups in total. The third-order valence-corrected chi connectivity index (χ3v) is 2.74. The molecule has 0 saturated heterocycles. The summed E-state index contributed by atoms with van der Waals surface area (Å²) < 4.78 is 0. The molecule has 4 heteroatoms. The predicted octanol–water partition coefficient (Wildman–Crippen LogP) is 2.16. The maximum absolute atomic E-state index is 10.9. The standard InChI is InChI=1S/C12H16N2O2/c1-2-7-14(10-3-4-10)11-8-9(12(15)16)5-6-13-11/h5-6,8,10H,2-4,7H2,1H3,(H,15,16). The molecule has 1 aromatic heterocycles. The van der Waals surface area contributed by atoms with Gasteiger partial charge in [-0.1, -0.05) is 6.92 Å². The highest BCUT2D eigenvalue weighted by Crippen LogP contribution is 2.30. The number of hydrogen-bond acceptors (Lipinski definition) is 3. The van der Waals surface area contributed by atoms with E-state index >= 15 is 0 Å². The first-order chi connectivity index (χ1) is 7.72. The van der Waals surface area contributed by atoms with Crippen molar-refractivity contribution in [2.24, 2.45) is 0 Å². The van der Waals surface area contributed by atoms with Gasteiger partial charge in [-0.25, -0.2) is 9.78 Å². The molecule has 86 valence electrons. The lowest BCUT2D eigenvalue weighted by atomic mass is 10.2. The predicted molar refractivity (Wildman–Crippen MR) is 61.9 cm³/mol. The Morgan fingerprint density at radius 3 is 2.94 bits per heavy atom. The van der Waals surface area contributed by atoms with Gasteiger partial charge in [-0.2, -0.15) is 0 Å². The minimum absolute atomic E-state index is 0.312. The van der Waals surface area contributed by atoms with Crippen molar-refractivity contribution in [3.05, 3.63) is 23.9 Å². The van der Waals surface area contributed by atoms with Crippen LogP contribution in [-0.2, 0) is 0 Å². The third-order valence-electron chi connectivity index (χ3n) is 2.74. The van der Waals surface area contributed by atoms with E-state index in [-0.39, 0.29) is 0 Å². The molecule has 0 unspecified atom stereocenters. The van der Waals surface area contributed by atoms with Crippen LogP contribution in [0, 0.1) is 0 Å². The first-order valence-electron chi connectivity index (χ1n) is 5.68. The summed E-state index contributed by atoms with van der Waals surface area (Å²) in [6, 6.07) is 3.76. The lowest BCUT2D eigenvalue weighted by Gasteiger charge is -2.22. The Hall–Kier alpha value is -1.58. The van der Waals surface area contributed by atoms with Crippen LogP contribution in [0.5, 0.6) is 0 Å². The Labute approximate surface area is 94.9 Å². The molecule has 0 bridgehead atoms. The molecule has 16 heavy (non-hydrogen) atoms. The van der Waals surface area contributed by atoms with E-state index in [1.54, 1.807) is 12.3 Å². The molecule has 1 saturated carbocycles. The topological polar surface area (TPSA) is 53.4 Å². The van der Waals surface area contributed by atoms with Crippen molar-refractivity contribution < 1.29 is 9.90 Å². The highest BCUT2D eigenvalue weighted by molar-refractivity contribution is 5.88. The molecule has 1 aliphatic carbocycles. The molecular weight excluding hydrogens is 204 g/mol. The zero-order valence-corrected chi connectivity index (χ0v) is 9.39. The summed E-state index contributed by atoms with van der Waals surface area (Å²) in [4.78, 5) is 17.4. The molecule has 0 atom stereocenters. The quantitative estimate of drug-likeness (QED) is 0.826. The SMILES string of the molecule is CCCN(c1cc(C(=O)O)ccn1)C1CC1. The largest absolute Gasteiger partial charge is 0.478 e. The number of anilines is 1. The average Bonchev–Trinajstić information content (AvgIpc) is 3.10. The smallest absolute Gasteiger partial charge is 0.335 e. The normalized spacial score (nSPS) is 14.8. The van der Waals surface area contributed by atoms with Crippen molar-refractivity contribution in [2.45, 2.75) is 32.2 Å². The number of nitrogens with zero attached hydrogens (tertiary/aromatic N) is 2. The lowest BCUT2D eigenvalue weighted by molar-refractivity contribution is 0.0697. The van der Waals surface area contributed by atoms with Gasteiger partial charge in [0.05, 0.1) is 5.56 Å². The van der Waals surface area contributed by atoms with E-state index in [9.17, 15) is 4.79 Å². The van der Waals surface area contributed by atoms with E-state index in [4.69, 9.17) is 5.11 Å². The number of hydrogen-bond donors (Lipinski definition) is 1. The van der Waals surface area contributed by atoms with Crippen LogP contribution in [0.25, 0.3) is 0 Å². The van der Waals surface area contributed by atoms with Crippen molar-refractivity contribution in [2.75, 3.05) is 11.4 Å². The van der Waals surface area contributed by atoms with Gasteiger partial charge in [-0.05, 0) is 31.4 Å². The molecular formula is C12H16N2O2. The van der Waals surface area contributed by atoms with Gasteiger partial charge < -0.3 is 10.0 Å². The van der Waals surface area contributed by atoms with E-state index in [1.807, 2.05) is 0 Å². The number of aromatic carboxylic acids is 1. The van der Waals surface area contributed by atoms with Gasteiger partial charge in [0.2, 0.25) is 0 Å². The van der Waals surface area contributed by atoms with Crippen LogP contribution in [0.4, 0.5) is 5.82 Å². The minimum Gasteiger partial charge on any atom is -0.478 e. The monoisotopic (exact) mass is 220 g/mol. The number of pyridine rings is 1. The third kappa shape index (κ3) is 2.32. The highest BCUT2D eigenvalue weighted by Gasteiger charge is 2.29. The number of rotatable bonds is 5. The summed E-state index contributed by atoms with van der Waals surface area (Å²) in [5.74, 6) is -0.0971. The van der Waals surface area contributed by atoms with Crippen molar-refractivity contribution >= 4 is 11.8 Å². The number of carboxylic acids is 1. The van der Waals surface area contributed by atoms with Gasteiger partial charge in [0.1, 0.15) is 5.82 Å². The molecule has 0 amide bonds. The van der Waals surface area contributed by atoms with E-state index in [2.05, 4.69) is 16.8 Å². The molecule has 1 fully saturated rings. The Bertz CT molecular complexity index is 388. The van der Waals surface area contributed by atoms with Crippen LogP contribution in [-0.4, -0.2) is 28.6 Å². The van der Waals surface area contributed by atoms with E-state index in [1.165, 1.54) is 18.9 Å². The van der Waals surface area contributed by atoms with E-state index in [0.717, 1.165) is 18.8 Å². The van der Waals surface area contributed by atoms with Crippen LogP contribution in [0.1, 0.15) is 36.5 Å². The molecule has 0 spiro atoms. The van der Waals surface area contributed by atoms with Crippen LogP contribution < -0.4 is 4.90 Å². The molecule has 1 aliphatic rings. The molecule has 4 nitrogen and oxygen atoms in total. The van der Waals surface area contributed by atoms with Crippen LogP contribution in [0.15, 0.2) is 18.3 Å². The second-order valence-electron chi connectivity index (χ2n) is 4.13. The Balaban J connectivity index is 2.22. The van der Waals surface area contributed by atoms with Gasteiger partial charge in [-0.3, -0.25) is 0 Å². The van der Waals surface area contributed by atoms with Gasteiger partial charge in [0, 0.05) is 18.8 Å². The second kappa shape index (κ2) is 4.51. The van der Waals surface area contributed by atoms with Crippen LogP contribution in [0.2, 0.25) is 0 Å². The Morgan fingerprint density at radius 1 is 1.62 bits per heavy atom. The average molecular weight is 220 g/mol. The number of carboxylic acid groups (broad SMARTS) is 1. The lowest BCUT2D eigenvalue weighted by Crippen LogP contribution is -2.27. The fourth-order valence-electron chi connectivity index (χ4n) is 1.82. The summed E-state index contributed by atoms with van der Waals surface area (Å²) in [6.07, 6.45) is 5.01. The summed E-state index contributed by atoms with van der Waals surface area (Å²) in [5.41, 5.74) is 0.312. The van der Waals surface area contributed by atoms with Crippen LogP contribution in [0.3, 0.4) is 0 Å². The van der Waals surface area contributed by atoms with Gasteiger partial charge in [0.15, 0.2) is 0 Å². The fraction of sp³-hybridized carbons (Fsp3) is 0.500. The van der Waals surface area contributed by atoms with Crippen molar-refractivity contribution in [3.8, 4) is 0 Å². The molecule has 0 aromatic carbocycles. The summed E-state index contributed by atoms with van der Waals surface area (Å²) in [7, 11) is 0. The maximum atomic E-state index is 10.9. The fourth-order valence-corrected chi connectivity index (χ4v) is 1.82. The van der Waals surface area contributed by atoms with E-state index < -0.39 is 5.97 Å². The first kappa shape index (κ1) is 10.9. The maximum Gasteiger partial charge on any atom is 0.335 e. The Kier molecular flexibility index (Phi) is 3.08. The van der Waals surface area contributed by atoms with E-state index in [0.29, 0.717) is 11.6 Å². The molecule has 1 heterocycles.